The van der Waals surface area contributed by atoms with Gasteiger partial charge in [-0.3, -0.25) is 4.79 Å². The van der Waals surface area contributed by atoms with Gasteiger partial charge in [0.15, 0.2) is 9.84 Å². The van der Waals surface area contributed by atoms with Crippen molar-refractivity contribution in [1.82, 2.24) is 4.90 Å². The van der Waals surface area contributed by atoms with E-state index < -0.39 is 15.7 Å². The highest BCUT2D eigenvalue weighted by atomic mass is 32.2. The van der Waals surface area contributed by atoms with Crippen LogP contribution in [0.5, 0.6) is 5.75 Å². The molecule has 3 rings (SSSR count). The fourth-order valence-electron chi connectivity index (χ4n) is 3.49. The SMILES string of the molecule is COc1ccc(C(=O)N2CC[NH+]([C@@H]3CCS(=O)(=O)C3)CC2)c(F)c1. The number of benzene rings is 1. The van der Waals surface area contributed by atoms with Crippen LogP contribution in [-0.4, -0.2) is 70.1 Å². The second-order valence-electron chi connectivity index (χ2n) is 6.40. The molecule has 2 saturated heterocycles. The Morgan fingerprint density at radius 2 is 2.04 bits per heavy atom. The van der Waals surface area contributed by atoms with Crippen LogP contribution in [0.1, 0.15) is 16.8 Å². The molecular weight excluding hydrogens is 335 g/mol. The summed E-state index contributed by atoms with van der Waals surface area (Å²) in [4.78, 5) is 15.4. The number of carbonyl (C=O) groups excluding carboxylic acids is 1. The van der Waals surface area contributed by atoms with Gasteiger partial charge >= 0.3 is 0 Å². The van der Waals surface area contributed by atoms with Crippen molar-refractivity contribution in [2.24, 2.45) is 0 Å². The quantitative estimate of drug-likeness (QED) is 0.782. The number of quaternary nitrogens is 1. The van der Waals surface area contributed by atoms with Gasteiger partial charge in [0.2, 0.25) is 0 Å². The van der Waals surface area contributed by atoms with Crippen molar-refractivity contribution in [2.75, 3.05) is 44.8 Å². The average Bonchev–Trinajstić information content (AvgIpc) is 2.94. The molecule has 0 radical (unpaired) electrons. The fraction of sp³-hybridized carbons (Fsp3) is 0.562. The Labute approximate surface area is 141 Å². The summed E-state index contributed by atoms with van der Waals surface area (Å²) >= 11 is 0. The minimum Gasteiger partial charge on any atom is -0.497 e. The topological polar surface area (TPSA) is 68.1 Å². The highest BCUT2D eigenvalue weighted by molar-refractivity contribution is 7.91. The molecule has 1 aromatic rings. The number of ether oxygens (including phenoxy) is 1. The first kappa shape index (κ1) is 17.2. The summed E-state index contributed by atoms with van der Waals surface area (Å²) in [6, 6.07) is 4.35. The van der Waals surface area contributed by atoms with Crippen LogP contribution in [0.15, 0.2) is 18.2 Å². The molecule has 0 unspecified atom stereocenters. The fourth-order valence-corrected chi connectivity index (χ4v) is 5.31. The highest BCUT2D eigenvalue weighted by Crippen LogP contribution is 2.18. The summed E-state index contributed by atoms with van der Waals surface area (Å²) in [7, 11) is -1.45. The maximum absolute atomic E-state index is 14.1. The van der Waals surface area contributed by atoms with Gasteiger partial charge in [-0.05, 0) is 12.1 Å². The maximum Gasteiger partial charge on any atom is 0.257 e. The first-order valence-electron chi connectivity index (χ1n) is 8.07. The van der Waals surface area contributed by atoms with Crippen LogP contribution in [0.3, 0.4) is 0 Å². The van der Waals surface area contributed by atoms with Crippen molar-refractivity contribution in [3.8, 4) is 5.75 Å². The Hall–Kier alpha value is -1.67. The van der Waals surface area contributed by atoms with Gasteiger partial charge < -0.3 is 14.5 Å². The summed E-state index contributed by atoms with van der Waals surface area (Å²) in [5.41, 5.74) is 0.0442. The van der Waals surface area contributed by atoms with Crippen LogP contribution in [0.4, 0.5) is 4.39 Å². The smallest absolute Gasteiger partial charge is 0.257 e. The summed E-state index contributed by atoms with van der Waals surface area (Å²) < 4.78 is 42.2. The molecule has 0 bridgehead atoms. The maximum atomic E-state index is 14.1. The van der Waals surface area contributed by atoms with Crippen LogP contribution in [0.2, 0.25) is 0 Å². The number of nitrogens with zero attached hydrogens (tertiary/aromatic N) is 1. The number of nitrogens with one attached hydrogen (secondary N) is 1. The highest BCUT2D eigenvalue weighted by Gasteiger charge is 2.37. The molecule has 1 atom stereocenters. The van der Waals surface area contributed by atoms with Crippen LogP contribution >= 0.6 is 0 Å². The Morgan fingerprint density at radius 1 is 1.33 bits per heavy atom. The molecule has 0 saturated carbocycles. The first-order chi connectivity index (χ1) is 11.4. The number of methoxy groups -OCH3 is 1. The van der Waals surface area contributed by atoms with E-state index in [0.29, 0.717) is 38.3 Å². The third kappa shape index (κ3) is 3.54. The molecular formula is C16H22FN2O4S+. The zero-order valence-electron chi connectivity index (χ0n) is 13.6. The molecule has 0 aliphatic carbocycles. The molecule has 0 aromatic heterocycles. The zero-order chi connectivity index (χ0) is 17.3. The number of rotatable bonds is 3. The molecule has 0 spiro atoms. The van der Waals surface area contributed by atoms with E-state index in [4.69, 9.17) is 4.74 Å². The number of halogens is 1. The summed E-state index contributed by atoms with van der Waals surface area (Å²) in [5, 5.41) is 0. The second kappa shape index (κ2) is 6.68. The molecule has 8 heteroatoms. The molecule has 1 N–H and O–H groups in total. The van der Waals surface area contributed by atoms with E-state index >= 15 is 0 Å². The molecule has 1 aromatic carbocycles. The summed E-state index contributed by atoms with van der Waals surface area (Å²) in [6.07, 6.45) is 0.693. The second-order valence-corrected chi connectivity index (χ2v) is 8.62. The normalized spacial score (nSPS) is 24.1. The van der Waals surface area contributed by atoms with E-state index in [1.165, 1.54) is 24.1 Å². The summed E-state index contributed by atoms with van der Waals surface area (Å²) in [5.74, 6) is -0.0328. The molecule has 2 aliphatic heterocycles. The van der Waals surface area contributed by atoms with Gasteiger partial charge in [-0.25, -0.2) is 12.8 Å². The van der Waals surface area contributed by atoms with E-state index in [1.807, 2.05) is 0 Å². The van der Waals surface area contributed by atoms with Gasteiger partial charge in [0, 0.05) is 12.5 Å². The minimum atomic E-state index is -2.89. The third-order valence-corrected chi connectivity index (χ3v) is 6.68. The largest absolute Gasteiger partial charge is 0.497 e. The molecule has 132 valence electrons. The van der Waals surface area contributed by atoms with Crippen molar-refractivity contribution in [3.05, 3.63) is 29.6 Å². The van der Waals surface area contributed by atoms with E-state index in [2.05, 4.69) is 0 Å². The average molecular weight is 357 g/mol. The van der Waals surface area contributed by atoms with E-state index in [1.54, 1.807) is 11.0 Å². The minimum absolute atomic E-state index is 0.0442. The van der Waals surface area contributed by atoms with Gasteiger partial charge in [-0.2, -0.15) is 0 Å². The van der Waals surface area contributed by atoms with Crippen LogP contribution < -0.4 is 9.64 Å². The van der Waals surface area contributed by atoms with Crippen molar-refractivity contribution in [1.29, 1.82) is 0 Å². The van der Waals surface area contributed by atoms with E-state index in [9.17, 15) is 17.6 Å². The van der Waals surface area contributed by atoms with Gasteiger partial charge in [0.25, 0.3) is 5.91 Å². The number of carbonyl (C=O) groups is 1. The predicted octanol–water partition coefficient (Wildman–Crippen LogP) is -0.638. The molecule has 2 heterocycles. The number of amides is 1. The zero-order valence-corrected chi connectivity index (χ0v) is 14.4. The van der Waals surface area contributed by atoms with Gasteiger partial charge in [-0.15, -0.1) is 0 Å². The molecule has 2 fully saturated rings. The van der Waals surface area contributed by atoms with Crippen molar-refractivity contribution in [2.45, 2.75) is 12.5 Å². The van der Waals surface area contributed by atoms with Gasteiger partial charge in [-0.1, -0.05) is 0 Å². The van der Waals surface area contributed by atoms with Crippen molar-refractivity contribution < 1.29 is 27.2 Å². The predicted molar refractivity (Wildman–Crippen MR) is 86.6 cm³/mol. The first-order valence-corrected chi connectivity index (χ1v) is 9.89. The van der Waals surface area contributed by atoms with Crippen LogP contribution in [0.25, 0.3) is 0 Å². The molecule has 6 nitrogen and oxygen atoms in total. The summed E-state index contributed by atoms with van der Waals surface area (Å²) in [6.45, 7) is 2.42. The lowest BCUT2D eigenvalue weighted by molar-refractivity contribution is -0.925. The molecule has 1 amide bonds. The Balaban J connectivity index is 1.61. The van der Waals surface area contributed by atoms with Crippen molar-refractivity contribution >= 4 is 15.7 Å². The van der Waals surface area contributed by atoms with Gasteiger partial charge in [0.1, 0.15) is 23.4 Å². The number of hydrogen-bond acceptors (Lipinski definition) is 4. The molecule has 2 aliphatic rings. The number of hydrogen-bond donors (Lipinski definition) is 1. The van der Waals surface area contributed by atoms with Crippen LogP contribution in [-0.2, 0) is 9.84 Å². The number of piperazine rings is 1. The van der Waals surface area contributed by atoms with Crippen molar-refractivity contribution in [3.63, 3.8) is 0 Å². The third-order valence-electron chi connectivity index (χ3n) is 4.91. The van der Waals surface area contributed by atoms with E-state index in [-0.39, 0.29) is 29.0 Å². The van der Waals surface area contributed by atoms with Crippen LogP contribution in [0, 0.1) is 5.82 Å². The van der Waals surface area contributed by atoms with E-state index in [0.717, 1.165) is 0 Å². The lowest BCUT2D eigenvalue weighted by Crippen LogP contribution is -3.18. The Kier molecular flexibility index (Phi) is 4.78. The monoisotopic (exact) mass is 357 g/mol. The number of sulfone groups is 1. The lowest BCUT2D eigenvalue weighted by atomic mass is 10.1. The Morgan fingerprint density at radius 3 is 2.58 bits per heavy atom. The Bertz CT molecular complexity index is 730. The lowest BCUT2D eigenvalue weighted by Gasteiger charge is -2.35. The standard InChI is InChI=1S/C16H21FN2O4S/c1-23-13-2-3-14(15(17)10-13)16(20)19-7-5-18(6-8-19)12-4-9-24(21,22)11-12/h2-3,10,12H,4-9,11H2,1H3/p+1/t12-/m1/s1. The van der Waals surface area contributed by atoms with Gasteiger partial charge in [0.05, 0.1) is 44.6 Å². The molecule has 24 heavy (non-hydrogen) atoms.